The molecule has 3 rings (SSSR count). The smallest absolute Gasteiger partial charge is 0.0320 e. The van der Waals surface area contributed by atoms with Crippen LogP contribution >= 0.6 is 0 Å². The third kappa shape index (κ3) is 4.08. The number of piperidine rings is 1. The molecule has 2 nitrogen and oxygen atoms in total. The molecule has 2 fully saturated rings. The zero-order valence-corrected chi connectivity index (χ0v) is 13.9. The van der Waals surface area contributed by atoms with Crippen LogP contribution in [0.25, 0.3) is 0 Å². The van der Waals surface area contributed by atoms with Crippen molar-refractivity contribution in [2.24, 2.45) is 5.92 Å². The Balaban J connectivity index is 1.52. The van der Waals surface area contributed by atoms with Crippen LogP contribution in [0.5, 0.6) is 0 Å². The quantitative estimate of drug-likeness (QED) is 0.885. The van der Waals surface area contributed by atoms with Gasteiger partial charge in [-0.1, -0.05) is 29.3 Å². The second kappa shape index (κ2) is 6.50. The predicted octanol–water partition coefficient (Wildman–Crippen LogP) is 3.83. The lowest BCUT2D eigenvalue weighted by Gasteiger charge is -2.36. The summed E-state index contributed by atoms with van der Waals surface area (Å²) in [4.78, 5) is 2.66. The first-order valence-corrected chi connectivity index (χ1v) is 8.67. The minimum atomic E-state index is 0.549. The van der Waals surface area contributed by atoms with Crippen LogP contribution in [-0.2, 0) is 0 Å². The van der Waals surface area contributed by atoms with E-state index in [1.807, 2.05) is 0 Å². The summed E-state index contributed by atoms with van der Waals surface area (Å²) in [5.74, 6) is 0.997. The van der Waals surface area contributed by atoms with Gasteiger partial charge in [0.2, 0.25) is 0 Å². The van der Waals surface area contributed by atoms with Gasteiger partial charge in [0.1, 0.15) is 0 Å². The van der Waals surface area contributed by atoms with Gasteiger partial charge >= 0.3 is 0 Å². The van der Waals surface area contributed by atoms with Gasteiger partial charge in [-0.15, -0.1) is 0 Å². The van der Waals surface area contributed by atoms with Gasteiger partial charge in [0.15, 0.2) is 0 Å². The van der Waals surface area contributed by atoms with Crippen molar-refractivity contribution in [2.75, 3.05) is 19.6 Å². The number of nitrogens with one attached hydrogen (secondary N) is 1. The third-order valence-corrected chi connectivity index (χ3v) is 5.20. The van der Waals surface area contributed by atoms with Crippen LogP contribution in [0, 0.1) is 19.8 Å². The highest BCUT2D eigenvalue weighted by Gasteiger charge is 2.26. The number of hydrogen-bond donors (Lipinski definition) is 1. The summed E-state index contributed by atoms with van der Waals surface area (Å²) >= 11 is 0. The molecule has 0 aromatic heterocycles. The Labute approximate surface area is 129 Å². The van der Waals surface area contributed by atoms with Crippen molar-refractivity contribution >= 4 is 0 Å². The van der Waals surface area contributed by atoms with Gasteiger partial charge in [-0.25, -0.2) is 0 Å². The summed E-state index contributed by atoms with van der Waals surface area (Å²) < 4.78 is 0. The van der Waals surface area contributed by atoms with Crippen molar-refractivity contribution in [3.05, 3.63) is 34.9 Å². The molecule has 1 saturated carbocycles. The Morgan fingerprint density at radius 2 is 1.67 bits per heavy atom. The van der Waals surface area contributed by atoms with Crippen LogP contribution in [-0.4, -0.2) is 30.6 Å². The van der Waals surface area contributed by atoms with Gasteiger partial charge in [-0.3, -0.25) is 4.90 Å². The molecule has 1 unspecified atom stereocenters. The lowest BCUT2D eigenvalue weighted by Crippen LogP contribution is -2.43. The Hall–Kier alpha value is -0.860. The van der Waals surface area contributed by atoms with Gasteiger partial charge in [0.05, 0.1) is 0 Å². The van der Waals surface area contributed by atoms with Crippen molar-refractivity contribution < 1.29 is 0 Å². The number of benzene rings is 1. The largest absolute Gasteiger partial charge is 0.314 e. The zero-order valence-electron chi connectivity index (χ0n) is 13.9. The summed E-state index contributed by atoms with van der Waals surface area (Å²) in [6, 6.07) is 8.29. The molecule has 116 valence electrons. The fourth-order valence-electron chi connectivity index (χ4n) is 3.61. The Bertz CT molecular complexity index is 450. The van der Waals surface area contributed by atoms with Crippen LogP contribution in [0.2, 0.25) is 0 Å². The van der Waals surface area contributed by atoms with E-state index in [4.69, 9.17) is 0 Å². The molecule has 1 aliphatic heterocycles. The van der Waals surface area contributed by atoms with Crippen LogP contribution in [0.4, 0.5) is 0 Å². The number of nitrogens with zero attached hydrogens (tertiary/aromatic N) is 1. The van der Waals surface area contributed by atoms with Gasteiger partial charge in [-0.2, -0.15) is 0 Å². The first-order valence-electron chi connectivity index (χ1n) is 8.67. The molecule has 1 saturated heterocycles. The molecule has 0 radical (unpaired) electrons. The van der Waals surface area contributed by atoms with Crippen molar-refractivity contribution in [2.45, 2.75) is 58.5 Å². The van der Waals surface area contributed by atoms with Crippen LogP contribution < -0.4 is 5.32 Å². The van der Waals surface area contributed by atoms with E-state index in [-0.39, 0.29) is 0 Å². The topological polar surface area (TPSA) is 15.3 Å². The third-order valence-electron chi connectivity index (χ3n) is 5.20. The number of hydrogen-bond acceptors (Lipinski definition) is 2. The SMILES string of the molecule is Cc1cc(C)cc(C(C)N2CCC(NCC3CC3)CC2)c1. The number of rotatable bonds is 5. The summed E-state index contributed by atoms with van der Waals surface area (Å²) in [5.41, 5.74) is 4.26. The molecule has 1 atom stereocenters. The Kier molecular flexibility index (Phi) is 4.66. The fraction of sp³-hybridized carbons (Fsp3) is 0.684. The molecule has 0 spiro atoms. The average molecular weight is 286 g/mol. The molecule has 21 heavy (non-hydrogen) atoms. The maximum absolute atomic E-state index is 3.77. The van der Waals surface area contributed by atoms with E-state index in [2.05, 4.69) is 49.2 Å². The standard InChI is InChI=1S/C19H30N2/c1-14-10-15(2)12-18(11-14)16(3)21-8-6-19(7-9-21)20-13-17-4-5-17/h10-12,16-17,19-20H,4-9,13H2,1-3H3. The maximum atomic E-state index is 3.77. The molecule has 0 bridgehead atoms. The molecule has 0 amide bonds. The highest BCUT2D eigenvalue weighted by molar-refractivity contribution is 5.30. The number of aryl methyl sites for hydroxylation is 2. The summed E-state index contributed by atoms with van der Waals surface area (Å²) in [7, 11) is 0. The van der Waals surface area contributed by atoms with Crippen molar-refractivity contribution in [3.63, 3.8) is 0 Å². The molecule has 1 N–H and O–H groups in total. The van der Waals surface area contributed by atoms with E-state index in [0.29, 0.717) is 6.04 Å². The van der Waals surface area contributed by atoms with E-state index in [1.165, 1.54) is 62.0 Å². The lowest BCUT2D eigenvalue weighted by atomic mass is 9.98. The normalized spacial score (nSPS) is 22.4. The molecule has 2 heteroatoms. The van der Waals surface area contributed by atoms with Gasteiger partial charge in [0.25, 0.3) is 0 Å². The molecular weight excluding hydrogens is 256 g/mol. The first kappa shape index (κ1) is 15.1. The average Bonchev–Trinajstić information content (AvgIpc) is 3.28. The van der Waals surface area contributed by atoms with Crippen molar-refractivity contribution in [3.8, 4) is 0 Å². The van der Waals surface area contributed by atoms with E-state index in [9.17, 15) is 0 Å². The minimum Gasteiger partial charge on any atom is -0.314 e. The first-order chi connectivity index (χ1) is 10.1. The zero-order chi connectivity index (χ0) is 14.8. The molecular formula is C19H30N2. The predicted molar refractivity (Wildman–Crippen MR) is 89.7 cm³/mol. The summed E-state index contributed by atoms with van der Waals surface area (Å²) in [5, 5.41) is 3.77. The van der Waals surface area contributed by atoms with Gasteiger partial charge < -0.3 is 5.32 Å². The maximum Gasteiger partial charge on any atom is 0.0320 e. The minimum absolute atomic E-state index is 0.549. The second-order valence-corrected chi connectivity index (χ2v) is 7.26. The fourth-order valence-corrected chi connectivity index (χ4v) is 3.61. The van der Waals surface area contributed by atoms with Gasteiger partial charge in [-0.05, 0) is 64.5 Å². The van der Waals surface area contributed by atoms with Crippen molar-refractivity contribution in [1.82, 2.24) is 10.2 Å². The van der Waals surface area contributed by atoms with E-state index in [0.717, 1.165) is 12.0 Å². The highest BCUT2D eigenvalue weighted by atomic mass is 15.2. The van der Waals surface area contributed by atoms with Crippen LogP contribution in [0.15, 0.2) is 18.2 Å². The highest BCUT2D eigenvalue weighted by Crippen LogP contribution is 2.29. The molecule has 1 aromatic carbocycles. The van der Waals surface area contributed by atoms with Crippen LogP contribution in [0.3, 0.4) is 0 Å². The molecule has 2 aliphatic rings. The van der Waals surface area contributed by atoms with Crippen molar-refractivity contribution in [1.29, 1.82) is 0 Å². The Morgan fingerprint density at radius 1 is 1.05 bits per heavy atom. The molecule has 1 aromatic rings. The molecule has 1 aliphatic carbocycles. The Morgan fingerprint density at radius 3 is 2.24 bits per heavy atom. The number of likely N-dealkylation sites (tertiary alicyclic amines) is 1. The monoisotopic (exact) mass is 286 g/mol. The molecule has 1 heterocycles. The van der Waals surface area contributed by atoms with E-state index < -0.39 is 0 Å². The second-order valence-electron chi connectivity index (χ2n) is 7.26. The van der Waals surface area contributed by atoms with Crippen LogP contribution in [0.1, 0.15) is 55.3 Å². The van der Waals surface area contributed by atoms with E-state index >= 15 is 0 Å². The lowest BCUT2D eigenvalue weighted by molar-refractivity contribution is 0.152. The van der Waals surface area contributed by atoms with E-state index in [1.54, 1.807) is 0 Å². The summed E-state index contributed by atoms with van der Waals surface area (Å²) in [6.45, 7) is 10.5. The summed E-state index contributed by atoms with van der Waals surface area (Å²) in [6.07, 6.45) is 5.52. The van der Waals surface area contributed by atoms with Gasteiger partial charge in [0, 0.05) is 25.2 Å².